The van der Waals surface area contributed by atoms with E-state index in [1.807, 2.05) is 24.3 Å². The average Bonchev–Trinajstić information content (AvgIpc) is 2.44. The van der Waals surface area contributed by atoms with Crippen LogP contribution in [0.3, 0.4) is 0 Å². The third-order valence-corrected chi connectivity index (χ3v) is 3.10. The molecule has 2 nitrogen and oxygen atoms in total. The molecule has 3 heteroatoms. The van der Waals surface area contributed by atoms with Gasteiger partial charge in [0, 0.05) is 14.5 Å². The Morgan fingerprint density at radius 2 is 2.08 bits per heavy atom. The van der Waals surface area contributed by atoms with Crippen LogP contribution >= 0.6 is 22.6 Å². The summed E-state index contributed by atoms with van der Waals surface area (Å²) in [5.41, 5.74) is 1.99. The normalized spacial score (nSPS) is 10.8. The lowest BCUT2D eigenvalue weighted by atomic mass is 10.2. The smallest absolute Gasteiger partial charge is 0.0842 e. The topological polar surface area (TPSA) is 36.0 Å². The van der Waals surface area contributed by atoms with Gasteiger partial charge in [-0.05, 0) is 28.7 Å². The van der Waals surface area contributed by atoms with Crippen molar-refractivity contribution in [3.63, 3.8) is 0 Å². The minimum Gasteiger partial charge on any atom is -0.390 e. The minimum atomic E-state index is 0.0763. The number of halogens is 1. The van der Waals surface area contributed by atoms with Gasteiger partial charge in [0.05, 0.1) is 12.3 Å². The second-order valence-electron chi connectivity index (χ2n) is 2.62. The van der Waals surface area contributed by atoms with E-state index in [0.717, 1.165) is 14.8 Å². The fourth-order valence-electron chi connectivity index (χ4n) is 1.27. The number of nitrogens with one attached hydrogen (secondary N) is 1. The first-order valence-electron chi connectivity index (χ1n) is 3.69. The van der Waals surface area contributed by atoms with Crippen molar-refractivity contribution in [1.29, 1.82) is 0 Å². The Morgan fingerprint density at radius 1 is 1.33 bits per heavy atom. The lowest BCUT2D eigenvalue weighted by Gasteiger charge is -1.88. The quantitative estimate of drug-likeness (QED) is 0.768. The maximum absolute atomic E-state index is 8.98. The molecule has 12 heavy (non-hydrogen) atoms. The van der Waals surface area contributed by atoms with Gasteiger partial charge in [-0.25, -0.2) is 0 Å². The Hall–Kier alpha value is -0.550. The van der Waals surface area contributed by atoms with Crippen molar-refractivity contribution in [2.45, 2.75) is 6.61 Å². The molecule has 0 radical (unpaired) electrons. The molecule has 1 heterocycles. The van der Waals surface area contributed by atoms with E-state index < -0.39 is 0 Å². The molecule has 2 rings (SSSR count). The number of aromatic amines is 1. The third-order valence-electron chi connectivity index (χ3n) is 1.87. The highest BCUT2D eigenvalue weighted by atomic mass is 127. The van der Waals surface area contributed by atoms with Crippen molar-refractivity contribution < 1.29 is 5.11 Å². The van der Waals surface area contributed by atoms with E-state index in [4.69, 9.17) is 5.11 Å². The van der Waals surface area contributed by atoms with E-state index in [9.17, 15) is 0 Å². The van der Waals surface area contributed by atoms with Crippen molar-refractivity contribution in [2.24, 2.45) is 0 Å². The Balaban J connectivity index is 2.78. The summed E-state index contributed by atoms with van der Waals surface area (Å²) >= 11 is 2.24. The second kappa shape index (κ2) is 3.06. The molecule has 2 aromatic rings. The van der Waals surface area contributed by atoms with Crippen LogP contribution in [0.1, 0.15) is 5.69 Å². The predicted octanol–water partition coefficient (Wildman–Crippen LogP) is 2.26. The molecule has 0 spiro atoms. The Labute approximate surface area is 83.7 Å². The molecule has 0 aliphatic rings. The zero-order chi connectivity index (χ0) is 8.55. The zero-order valence-electron chi connectivity index (χ0n) is 6.34. The maximum atomic E-state index is 8.98. The lowest BCUT2D eigenvalue weighted by Crippen LogP contribution is -1.83. The van der Waals surface area contributed by atoms with Crippen LogP contribution < -0.4 is 0 Å². The summed E-state index contributed by atoms with van der Waals surface area (Å²) in [4.78, 5) is 3.16. The number of benzene rings is 1. The molecule has 2 N–H and O–H groups in total. The number of para-hydroxylation sites is 1. The molecule has 0 aliphatic carbocycles. The molecule has 0 aliphatic heterocycles. The van der Waals surface area contributed by atoms with Crippen molar-refractivity contribution in [3.8, 4) is 0 Å². The van der Waals surface area contributed by atoms with Crippen molar-refractivity contribution >= 4 is 33.5 Å². The van der Waals surface area contributed by atoms with Gasteiger partial charge in [0.25, 0.3) is 0 Å². The van der Waals surface area contributed by atoms with E-state index >= 15 is 0 Å². The number of aromatic nitrogens is 1. The fourth-order valence-corrected chi connectivity index (χ4v) is 2.05. The maximum Gasteiger partial charge on any atom is 0.0842 e. The molecule has 1 aromatic heterocycles. The van der Waals surface area contributed by atoms with Crippen LogP contribution in [-0.4, -0.2) is 10.1 Å². The van der Waals surface area contributed by atoms with Gasteiger partial charge in [0.15, 0.2) is 0 Å². The van der Waals surface area contributed by atoms with E-state index in [2.05, 4.69) is 27.6 Å². The number of H-pyrrole nitrogens is 1. The number of fused-ring (bicyclic) bond motifs is 1. The molecule has 62 valence electrons. The van der Waals surface area contributed by atoms with Gasteiger partial charge in [0.2, 0.25) is 0 Å². The molecule has 0 amide bonds. The van der Waals surface area contributed by atoms with Crippen LogP contribution in [0.25, 0.3) is 10.9 Å². The van der Waals surface area contributed by atoms with Gasteiger partial charge in [0.1, 0.15) is 0 Å². The second-order valence-corrected chi connectivity index (χ2v) is 3.70. The van der Waals surface area contributed by atoms with Crippen molar-refractivity contribution in [2.75, 3.05) is 0 Å². The van der Waals surface area contributed by atoms with Gasteiger partial charge in [-0.3, -0.25) is 0 Å². The number of hydrogen-bond acceptors (Lipinski definition) is 1. The standard InChI is InChI=1S/C9H8INO/c10-9-6-3-1-2-4-7(6)11-8(9)5-12/h1-4,11-12H,5H2. The first-order valence-corrected chi connectivity index (χ1v) is 4.76. The first-order chi connectivity index (χ1) is 5.83. The van der Waals surface area contributed by atoms with E-state index in [1.54, 1.807) is 0 Å². The number of rotatable bonds is 1. The summed E-state index contributed by atoms with van der Waals surface area (Å²) in [6.45, 7) is 0.0763. The Kier molecular flexibility index (Phi) is 2.06. The molecule has 0 saturated heterocycles. The van der Waals surface area contributed by atoms with E-state index in [1.165, 1.54) is 5.39 Å². The van der Waals surface area contributed by atoms with Gasteiger partial charge >= 0.3 is 0 Å². The Morgan fingerprint density at radius 3 is 2.75 bits per heavy atom. The number of hydrogen-bond donors (Lipinski definition) is 2. The average molecular weight is 273 g/mol. The molecule has 0 unspecified atom stereocenters. The molecular formula is C9H8INO. The van der Waals surface area contributed by atoms with E-state index in [0.29, 0.717) is 0 Å². The van der Waals surface area contributed by atoms with Gasteiger partial charge < -0.3 is 10.1 Å². The monoisotopic (exact) mass is 273 g/mol. The number of aliphatic hydroxyl groups excluding tert-OH is 1. The molecule has 0 fully saturated rings. The summed E-state index contributed by atoms with van der Waals surface area (Å²) in [7, 11) is 0. The summed E-state index contributed by atoms with van der Waals surface area (Å²) in [6.07, 6.45) is 0. The van der Waals surface area contributed by atoms with Gasteiger partial charge in [-0.2, -0.15) is 0 Å². The van der Waals surface area contributed by atoms with Crippen LogP contribution in [0.4, 0.5) is 0 Å². The highest BCUT2D eigenvalue weighted by molar-refractivity contribution is 14.1. The molecule has 1 aromatic carbocycles. The summed E-state index contributed by atoms with van der Waals surface area (Å²) in [6, 6.07) is 8.04. The molecule has 0 bridgehead atoms. The molecule has 0 atom stereocenters. The lowest BCUT2D eigenvalue weighted by molar-refractivity contribution is 0.277. The van der Waals surface area contributed by atoms with Gasteiger partial charge in [-0.1, -0.05) is 18.2 Å². The highest BCUT2D eigenvalue weighted by Gasteiger charge is 2.05. The largest absolute Gasteiger partial charge is 0.390 e. The number of aliphatic hydroxyl groups is 1. The van der Waals surface area contributed by atoms with Crippen molar-refractivity contribution in [3.05, 3.63) is 33.5 Å². The Bertz CT molecular complexity index is 408. The van der Waals surface area contributed by atoms with Gasteiger partial charge in [-0.15, -0.1) is 0 Å². The first kappa shape index (κ1) is 8.07. The summed E-state index contributed by atoms with van der Waals surface area (Å²) in [5, 5.41) is 10.2. The van der Waals surface area contributed by atoms with Crippen LogP contribution in [-0.2, 0) is 6.61 Å². The molecule has 0 saturated carbocycles. The van der Waals surface area contributed by atoms with Crippen molar-refractivity contribution in [1.82, 2.24) is 4.98 Å². The van der Waals surface area contributed by atoms with Crippen LogP contribution in [0.15, 0.2) is 24.3 Å². The van der Waals surface area contributed by atoms with Crippen LogP contribution in [0.2, 0.25) is 0 Å². The molecular weight excluding hydrogens is 265 g/mol. The highest BCUT2D eigenvalue weighted by Crippen LogP contribution is 2.23. The third kappa shape index (κ3) is 1.13. The predicted molar refractivity (Wildman–Crippen MR) is 56.9 cm³/mol. The zero-order valence-corrected chi connectivity index (χ0v) is 8.50. The van der Waals surface area contributed by atoms with E-state index in [-0.39, 0.29) is 6.61 Å². The summed E-state index contributed by atoms with van der Waals surface area (Å²) < 4.78 is 1.12. The van der Waals surface area contributed by atoms with Crippen LogP contribution in [0, 0.1) is 3.57 Å². The SMILES string of the molecule is OCc1[nH]c2ccccc2c1I. The minimum absolute atomic E-state index is 0.0763. The summed E-state index contributed by atoms with van der Waals surface area (Å²) in [5.74, 6) is 0. The van der Waals surface area contributed by atoms with Crippen LogP contribution in [0.5, 0.6) is 0 Å². The fraction of sp³-hybridized carbons (Fsp3) is 0.111.